The maximum absolute atomic E-state index is 12.4. The normalized spacial score (nSPS) is 17.6. The number of benzene rings is 4. The number of fused-ring (bicyclic) bond motifs is 14. The predicted molar refractivity (Wildman–Crippen MR) is 374 cm³/mol. The van der Waals surface area contributed by atoms with E-state index in [1.54, 1.807) is 0 Å². The van der Waals surface area contributed by atoms with Crippen LogP contribution < -0.4 is 21.0 Å². The Morgan fingerprint density at radius 3 is 1.18 bits per heavy atom. The number of rotatable bonds is 36. The van der Waals surface area contributed by atoms with Crippen LogP contribution in [0.3, 0.4) is 0 Å². The Bertz CT molecular complexity index is 4150. The van der Waals surface area contributed by atoms with E-state index in [0.717, 1.165) is 28.7 Å². The Morgan fingerprint density at radius 2 is 0.802 bits per heavy atom. The number of hydrogen-bond acceptors (Lipinski definition) is 15. The van der Waals surface area contributed by atoms with Gasteiger partial charge in [-0.1, -0.05) is 104 Å². The van der Waals surface area contributed by atoms with Gasteiger partial charge in [-0.15, -0.1) is 0 Å². The van der Waals surface area contributed by atoms with Crippen LogP contribution in [0.5, 0.6) is 0 Å². The number of aliphatic carboxylic acids is 1. The van der Waals surface area contributed by atoms with Crippen molar-refractivity contribution in [3.05, 3.63) is 130 Å². The van der Waals surface area contributed by atoms with Crippen molar-refractivity contribution in [3.8, 4) is 0 Å². The quantitative estimate of drug-likeness (QED) is 0.00862. The highest BCUT2D eigenvalue weighted by Gasteiger charge is 2.58. The molecule has 7 N–H and O–H groups in total. The molecule has 0 saturated carbocycles. The fourth-order valence-electron chi connectivity index (χ4n) is 14.3. The topological polar surface area (TPSA) is 376 Å². The van der Waals surface area contributed by atoms with Gasteiger partial charge in [-0.25, -0.2) is 30.0 Å². The van der Waals surface area contributed by atoms with Crippen LogP contribution in [0.15, 0.2) is 127 Å². The first-order chi connectivity index (χ1) is 45.2. The molecule has 33 heteroatoms. The van der Waals surface area contributed by atoms with Crippen LogP contribution in [0.2, 0.25) is 38.3 Å². The number of quaternary nitrogens is 2. The van der Waals surface area contributed by atoms with Gasteiger partial charge >= 0.3 is 31.7 Å². The Labute approximate surface area is 561 Å². The number of aromatic nitrogens is 2. The second-order valence-electron chi connectivity index (χ2n) is 27.2. The van der Waals surface area contributed by atoms with Gasteiger partial charge in [0.25, 0.3) is 0 Å². The summed E-state index contributed by atoms with van der Waals surface area (Å²) in [7, 11) is -29.8. The summed E-state index contributed by atoms with van der Waals surface area (Å²) >= 11 is 0. The number of carbonyl (C=O) groups is 1. The number of unbranched alkanes of at least 4 members (excludes halogenated alkanes) is 2. The third-order valence-electron chi connectivity index (χ3n) is 18.5. The zero-order chi connectivity index (χ0) is 69.1. The van der Waals surface area contributed by atoms with E-state index in [-0.39, 0.29) is 68.9 Å². The van der Waals surface area contributed by atoms with Crippen molar-refractivity contribution in [2.75, 3.05) is 77.0 Å². The van der Waals surface area contributed by atoms with E-state index >= 15 is 0 Å². The monoisotopic (exact) mass is 1450 g/mol. The molecule has 96 heavy (non-hydrogen) atoms. The fourth-order valence-corrected chi connectivity index (χ4v) is 29.0. The zero-order valence-corrected chi connectivity index (χ0v) is 61.6. The highest BCUT2D eigenvalue weighted by atomic mass is 31.2. The van der Waals surface area contributed by atoms with E-state index in [0.29, 0.717) is 142 Å². The second kappa shape index (κ2) is 29.6. The predicted octanol–water partition coefficient (Wildman–Crippen LogP) is 7.59. The molecule has 6 bridgehead atoms. The van der Waals surface area contributed by atoms with Crippen LogP contribution in [0.4, 0.5) is 11.6 Å². The molecule has 3 unspecified atom stereocenters. The molecule has 0 spiro atoms. The van der Waals surface area contributed by atoms with Crippen LogP contribution in [-0.2, 0) is 31.3 Å². The largest absolute Gasteiger partial charge is 0.779 e. The molecule has 6 aromatic rings. The molecule has 4 aliphatic rings. The van der Waals surface area contributed by atoms with Crippen molar-refractivity contribution in [2.24, 2.45) is 30.0 Å². The first kappa shape index (κ1) is 73.5. The molecule has 0 aliphatic carbocycles. The Balaban J connectivity index is 1.21. The molecule has 518 valence electrons. The maximum atomic E-state index is 12.4. The molecular formula is C63H88N10O16P4Si3. The fraction of sp³-hybridized carbons (Fsp3) is 0.476. The highest BCUT2D eigenvalue weighted by molar-refractivity contribution is 7.52. The molecule has 3 atom stereocenters. The van der Waals surface area contributed by atoms with Gasteiger partial charge in [0, 0.05) is 81.6 Å². The number of carboxylic acids is 1. The first-order valence-electron chi connectivity index (χ1n) is 32.9. The molecule has 0 saturated heterocycles. The summed E-state index contributed by atoms with van der Waals surface area (Å²) < 4.78 is 71.3. The first-order valence-corrected chi connectivity index (χ1v) is 48.0. The van der Waals surface area contributed by atoms with Gasteiger partial charge in [-0.3, -0.25) is 22.2 Å². The lowest BCUT2D eigenvalue weighted by molar-refractivity contribution is -0.928. The number of carboxylic acid groups (broad SMARTS) is 1. The van der Waals surface area contributed by atoms with Crippen LogP contribution in [-0.4, -0.2) is 184 Å². The molecule has 0 fully saturated rings. The van der Waals surface area contributed by atoms with Gasteiger partial charge < -0.3 is 70.8 Å². The van der Waals surface area contributed by atoms with E-state index in [4.69, 9.17) is 38.2 Å². The minimum Gasteiger partial charge on any atom is -0.779 e. The molecule has 4 aliphatic heterocycles. The number of carbonyl (C=O) groups excluding carboxylic acids is 1. The van der Waals surface area contributed by atoms with Crippen molar-refractivity contribution < 1.29 is 84.5 Å². The zero-order valence-electron chi connectivity index (χ0n) is 55.0. The average Bonchev–Trinajstić information content (AvgIpc) is 1.52. The number of hydrogen-bond donors (Lipinski definition) is 7. The SMILES string of the molecule is CCC[N+](CCCCCC(=O)[O-])(CCC[Si](C)(C)O[Si]1(O[Si](C)(C)CCC[N+](CCCP(=O)([O-])O)(CCCP(=O)(O)O)CCCP(=O)(O)O)n2c3c4ccccc4c2N=C2N=C(N=c4c5ccccc5c(n41)=NC1=NC(=N3)c3ccccc31)c1ccccc12)CCCP(=O)(O)O. The second-order valence-corrected chi connectivity index (χ2v) is 45.9. The third-order valence-corrected chi connectivity index (χ3v) is 33.7. The Hall–Kier alpha value is -5.20. The van der Waals surface area contributed by atoms with E-state index in [9.17, 15) is 67.3 Å². The highest BCUT2D eigenvalue weighted by Crippen LogP contribution is 2.46. The Kier molecular flexibility index (Phi) is 22.6. The van der Waals surface area contributed by atoms with Crippen molar-refractivity contribution in [1.82, 2.24) is 8.47 Å². The van der Waals surface area contributed by atoms with Crippen LogP contribution in [0, 0.1) is 0 Å². The molecule has 0 radical (unpaired) electrons. The summed E-state index contributed by atoms with van der Waals surface area (Å²) in [4.78, 5) is 127. The summed E-state index contributed by atoms with van der Waals surface area (Å²) in [6.45, 7) is 13.7. The third kappa shape index (κ3) is 17.9. The van der Waals surface area contributed by atoms with Crippen molar-refractivity contribution in [3.63, 3.8) is 0 Å². The maximum Gasteiger partial charge on any atom is 0.582 e. The minimum atomic E-state index is -4.87. The van der Waals surface area contributed by atoms with Gasteiger partial charge in [-0.05, 0) is 83.2 Å². The standard InChI is InChI=1S/C63H88N10O16P4Si3/c1-6-33-72(35-18-41-90(76,77)78,34-17-7-8-32-55(74)75)39-22-45-94(2,3)88-96(89-95(4,5)46-23-40-73(36-19-42-91(79,80)81,37-20-43-92(82,83)84)38-21-44-93(85,86)87)70-60-51-28-13-14-29-52(51)62(70)68-58-49-26-11-12-27-50(49)59(65-58)69-63-54-31-16-15-30-53(54)61(71(63)96)67-57-48-25-10-9-24-47(48)56(64-57)66-60/h9-16,24-31H,6-8,17-23,32-46H2,1-5H3,(H7-2,74,75,76,77,78,79,80,81,82,83,84,85,86,87). The number of amidine groups is 4. The van der Waals surface area contributed by atoms with Gasteiger partial charge in [0.1, 0.15) is 30.2 Å². The van der Waals surface area contributed by atoms with E-state index in [2.05, 4.69) is 41.6 Å². The van der Waals surface area contributed by atoms with E-state index < -0.39 is 80.4 Å². The summed E-state index contributed by atoms with van der Waals surface area (Å²) in [6, 6.07) is 32.2. The molecule has 26 nitrogen and oxygen atoms in total. The van der Waals surface area contributed by atoms with Crippen molar-refractivity contribution >= 4 is 118 Å². The van der Waals surface area contributed by atoms with Crippen molar-refractivity contribution in [2.45, 2.75) is 116 Å². The number of aliphatic imine (C=N–C) groups is 4. The minimum absolute atomic E-state index is 0.00756. The smallest absolute Gasteiger partial charge is 0.582 e. The van der Waals surface area contributed by atoms with Crippen LogP contribution >= 0.6 is 30.4 Å². The molecule has 2 aromatic heterocycles. The molecule has 6 heterocycles. The summed E-state index contributed by atoms with van der Waals surface area (Å²) in [5, 5.41) is 14.3. The van der Waals surface area contributed by atoms with Gasteiger partial charge in [0.15, 0.2) is 40.0 Å². The molecule has 4 aromatic carbocycles. The summed E-state index contributed by atoms with van der Waals surface area (Å²) in [6.07, 6.45) is 1.91. The summed E-state index contributed by atoms with van der Waals surface area (Å²) in [5.41, 5.74) is 3.83. The Morgan fingerprint density at radius 1 is 0.458 bits per heavy atom. The van der Waals surface area contributed by atoms with Gasteiger partial charge in [-0.2, -0.15) is 0 Å². The lowest BCUT2D eigenvalue weighted by atomic mass is 10.1. The lowest BCUT2D eigenvalue weighted by Gasteiger charge is -2.44. The average molecular weight is 1450 g/mol. The van der Waals surface area contributed by atoms with Gasteiger partial charge in [0.05, 0.1) is 70.8 Å². The van der Waals surface area contributed by atoms with E-state index in [1.807, 2.05) is 97.1 Å². The van der Waals surface area contributed by atoms with Crippen LogP contribution in [0.25, 0.3) is 21.5 Å². The lowest BCUT2D eigenvalue weighted by Crippen LogP contribution is -2.70. The molecule has 0 amide bonds. The van der Waals surface area contributed by atoms with E-state index in [1.165, 1.54) is 0 Å². The summed E-state index contributed by atoms with van der Waals surface area (Å²) in [5.74, 6) is 1.31. The molecule has 10 rings (SSSR count). The van der Waals surface area contributed by atoms with Crippen LogP contribution in [0.1, 0.15) is 99.8 Å². The molecular weight excluding hydrogens is 1360 g/mol. The number of nitrogens with zero attached hydrogens (tertiary/aromatic N) is 10. The van der Waals surface area contributed by atoms with Gasteiger partial charge in [0.2, 0.25) is 0 Å². The van der Waals surface area contributed by atoms with Crippen molar-refractivity contribution in [1.29, 1.82) is 0 Å².